The summed E-state index contributed by atoms with van der Waals surface area (Å²) in [6.07, 6.45) is -6.13. The van der Waals surface area contributed by atoms with Crippen molar-refractivity contribution in [3.63, 3.8) is 0 Å². The summed E-state index contributed by atoms with van der Waals surface area (Å²) < 4.78 is 4.71. The molecule has 3 aromatic rings. The molecule has 37 heteroatoms. The Labute approximate surface area is 513 Å². The zero-order chi connectivity index (χ0) is 66.5. The van der Waals surface area contributed by atoms with Gasteiger partial charge in [0.15, 0.2) is 11.2 Å². The fourth-order valence-electron chi connectivity index (χ4n) is 7.68. The summed E-state index contributed by atoms with van der Waals surface area (Å²) in [6, 6.07) is -6.49. The largest absolute Gasteiger partial charge is 0.481 e. The maximum atomic E-state index is 14.1. The Hall–Kier alpha value is -9.81. The quantitative estimate of drug-likeness (QED) is 0.0172. The maximum Gasteiger partial charge on any atom is 0.419 e. The Kier molecular flexibility index (Phi) is 30.5. The lowest BCUT2D eigenvalue weighted by atomic mass is 10.0. The molecule has 484 valence electrons. The molecule has 89 heavy (non-hydrogen) atoms. The molecule has 0 saturated heterocycles. The van der Waals surface area contributed by atoms with E-state index in [1.807, 2.05) is 0 Å². The van der Waals surface area contributed by atoms with Gasteiger partial charge in [0.05, 0.1) is 18.4 Å². The molecule has 0 radical (unpaired) electrons. The minimum Gasteiger partial charge on any atom is -0.481 e. The number of aromatic nitrogens is 4. The first-order chi connectivity index (χ1) is 42.0. The van der Waals surface area contributed by atoms with E-state index >= 15 is 0 Å². The molecule has 1 aromatic carbocycles. The van der Waals surface area contributed by atoms with E-state index < -0.39 is 206 Å². The molecular weight excluding hydrogens is 1220 g/mol. The molecular formula is C52H68N14O21S2. The van der Waals surface area contributed by atoms with E-state index in [4.69, 9.17) is 9.92 Å². The van der Waals surface area contributed by atoms with Crippen LogP contribution in [0.4, 0.5) is 16.4 Å². The van der Waals surface area contributed by atoms with Crippen LogP contribution in [0.15, 0.2) is 35.3 Å². The third kappa shape index (κ3) is 27.2. The van der Waals surface area contributed by atoms with Crippen LogP contribution in [0.5, 0.6) is 0 Å². The van der Waals surface area contributed by atoms with Gasteiger partial charge < -0.3 is 92.6 Å². The van der Waals surface area contributed by atoms with Crippen LogP contribution in [0.25, 0.3) is 11.2 Å². The van der Waals surface area contributed by atoms with Crippen LogP contribution in [0.1, 0.15) is 114 Å². The number of carboxylic acid groups (broad SMARTS) is 4. The van der Waals surface area contributed by atoms with Crippen molar-refractivity contribution in [2.45, 2.75) is 147 Å². The van der Waals surface area contributed by atoms with Crippen LogP contribution in [0.3, 0.4) is 0 Å². The highest BCUT2D eigenvalue weighted by molar-refractivity contribution is 8.75. The number of benzene rings is 1. The SMILES string of the molecule is CNC(=O)OSSC[C@@H](NC(=O)[C@H](CCC(C)=O)NC(=O)[C@@H](CCC(=O)O)NC(=O)[C@H](CCC(C)=O)NC(=O)[C@@H](CCC(=O)O)NC(=O)[C@H](CCC(C)=O)NC(=O)CC[C@H](NC(=O)c1ccc(NCc2cnc3nc(N)[nH]c(=O)c3n2)cc1)C(=O)O)C(=O)O. The second-order valence-corrected chi connectivity index (χ2v) is 21.6. The van der Waals surface area contributed by atoms with Crippen LogP contribution in [0.2, 0.25) is 0 Å². The zero-order valence-corrected chi connectivity index (χ0v) is 49.9. The number of Topliss-reactive ketones (excluding diaryl/α,β-unsaturated/α-hetero) is 3. The highest BCUT2D eigenvalue weighted by Gasteiger charge is 2.35. The van der Waals surface area contributed by atoms with Crippen LogP contribution < -0.4 is 59.1 Å². The number of fused-ring (bicyclic) bond motifs is 1. The topological polar surface area (TPSA) is 552 Å². The minimum absolute atomic E-state index is 0.00801. The highest BCUT2D eigenvalue weighted by atomic mass is 33.1. The molecule has 0 fully saturated rings. The monoisotopic (exact) mass is 1290 g/mol. The summed E-state index contributed by atoms with van der Waals surface area (Å²) in [6.45, 7) is 3.51. The standard InChI is InChI=1S/C52H68N14O21S2/c1-24(67)5-12-30(58-37(70)18-15-35(49(82)83)63-42(75)27-8-10-28(11-9-27)55-21-29-22-56-41-40(57-29)48(81)66-51(53)65-41)43(76)61-33(16-19-38(71)72)45(78)59-31(13-6-25(2)68)44(77)62-34(17-20-39(73)74)46(79)60-32(14-7-26(3)69)47(80)64-36(50(84)85)23-88-89-87-52(86)54-4/h8-11,22,30-36,55H,5-7,12-21,23H2,1-4H3,(H,54,86)(H,58,70)(H,59,78)(H,60,79)(H,61,76)(H,62,77)(H,63,75)(H,64,80)(H,71,72)(H,73,74)(H,82,83)(H,84,85)(H3,53,56,65,66,81)/t30-,31-,32-,33+,34+,35-,36+/m0/s1. The lowest BCUT2D eigenvalue weighted by molar-refractivity contribution is -0.142. The van der Waals surface area contributed by atoms with Gasteiger partial charge in [0.1, 0.15) is 70.7 Å². The Morgan fingerprint density at radius 1 is 0.562 bits per heavy atom. The van der Waals surface area contributed by atoms with Crippen molar-refractivity contribution >= 4 is 133 Å². The minimum atomic E-state index is -1.86. The number of rotatable bonds is 40. The highest BCUT2D eigenvalue weighted by Crippen LogP contribution is 2.23. The Morgan fingerprint density at radius 3 is 1.42 bits per heavy atom. The molecule has 35 nitrogen and oxygen atoms in total. The third-order valence-electron chi connectivity index (χ3n) is 12.4. The van der Waals surface area contributed by atoms with Gasteiger partial charge in [0.2, 0.25) is 41.4 Å². The van der Waals surface area contributed by atoms with Crippen molar-refractivity contribution in [1.82, 2.24) is 62.5 Å². The van der Waals surface area contributed by atoms with E-state index in [-0.39, 0.29) is 42.1 Å². The van der Waals surface area contributed by atoms with Gasteiger partial charge in [0.25, 0.3) is 11.5 Å². The summed E-state index contributed by atoms with van der Waals surface area (Å²) in [4.78, 5) is 218. The van der Waals surface area contributed by atoms with E-state index in [9.17, 15) is 97.1 Å². The van der Waals surface area contributed by atoms with Crippen molar-refractivity contribution in [3.05, 3.63) is 52.1 Å². The first kappa shape index (κ1) is 73.4. The van der Waals surface area contributed by atoms with Gasteiger partial charge in [-0.15, -0.1) is 0 Å². The number of H-pyrrole nitrogens is 1. The molecule has 0 unspecified atom stereocenters. The number of nitrogen functional groups attached to an aromatic ring is 1. The van der Waals surface area contributed by atoms with Gasteiger partial charge in [-0.1, -0.05) is 0 Å². The van der Waals surface area contributed by atoms with E-state index in [0.717, 1.165) is 20.8 Å². The molecule has 3 rings (SSSR count). The van der Waals surface area contributed by atoms with E-state index in [1.54, 1.807) is 0 Å². The Balaban J connectivity index is 1.78. The third-order valence-corrected chi connectivity index (χ3v) is 14.1. The fourth-order valence-corrected chi connectivity index (χ4v) is 9.20. The molecule has 0 spiro atoms. The number of ketones is 3. The summed E-state index contributed by atoms with van der Waals surface area (Å²) in [5, 5.41) is 60.0. The predicted octanol–water partition coefficient (Wildman–Crippen LogP) is -1.65. The van der Waals surface area contributed by atoms with Gasteiger partial charge >= 0.3 is 30.0 Å². The number of nitrogens with one attached hydrogen (secondary N) is 10. The average molecular weight is 1290 g/mol. The molecule has 0 bridgehead atoms. The number of hydrogen-bond acceptors (Lipinski definition) is 24. The number of aliphatic carboxylic acids is 4. The number of carboxylic acids is 4. The number of hydrogen-bond donors (Lipinski definition) is 15. The second kappa shape index (κ2) is 37.0. The molecule has 2 aromatic heterocycles. The van der Waals surface area contributed by atoms with Gasteiger partial charge in [0, 0.05) is 62.6 Å². The van der Waals surface area contributed by atoms with Crippen LogP contribution in [0, 0.1) is 0 Å². The van der Waals surface area contributed by atoms with Gasteiger partial charge in [-0.3, -0.25) is 52.9 Å². The lowest BCUT2D eigenvalue weighted by Gasteiger charge is -2.27. The Morgan fingerprint density at radius 2 is 0.989 bits per heavy atom. The maximum absolute atomic E-state index is 14.1. The number of amides is 8. The summed E-state index contributed by atoms with van der Waals surface area (Å²) >= 11 is 0.482. The Bertz CT molecular complexity index is 3190. The normalized spacial score (nSPS) is 13.2. The lowest BCUT2D eigenvalue weighted by Crippen LogP contribution is -2.59. The number of carbonyl (C=O) groups is 15. The predicted molar refractivity (Wildman–Crippen MR) is 313 cm³/mol. The summed E-state index contributed by atoms with van der Waals surface area (Å²) in [5.74, 6) is -15.9. The molecule has 8 amide bonds. The molecule has 2 heterocycles. The van der Waals surface area contributed by atoms with Gasteiger partial charge in [-0.25, -0.2) is 24.4 Å². The average Bonchev–Trinajstić information content (AvgIpc) is 1.89. The smallest absolute Gasteiger partial charge is 0.419 e. The summed E-state index contributed by atoms with van der Waals surface area (Å²) in [7, 11) is 1.97. The molecule has 7 atom stereocenters. The van der Waals surface area contributed by atoms with Crippen LogP contribution >= 0.6 is 21.9 Å². The number of anilines is 2. The summed E-state index contributed by atoms with van der Waals surface area (Å²) in [5.41, 5.74) is 5.79. The van der Waals surface area contributed by atoms with E-state index in [2.05, 4.69) is 67.8 Å². The number of carbonyl (C=O) groups excluding carboxylic acids is 11. The van der Waals surface area contributed by atoms with Gasteiger partial charge in [-0.2, -0.15) is 4.98 Å². The van der Waals surface area contributed by atoms with E-state index in [0.29, 0.717) is 33.2 Å². The molecule has 0 saturated carbocycles. The first-order valence-corrected chi connectivity index (χ1v) is 29.2. The molecule has 16 N–H and O–H groups in total. The van der Waals surface area contributed by atoms with Crippen molar-refractivity contribution in [2.24, 2.45) is 0 Å². The number of nitrogens with zero attached hydrogens (tertiary/aromatic N) is 3. The van der Waals surface area contributed by atoms with Crippen LogP contribution in [-0.4, -0.2) is 184 Å². The van der Waals surface area contributed by atoms with Crippen molar-refractivity contribution in [2.75, 3.05) is 23.9 Å². The molecule has 0 aliphatic rings. The van der Waals surface area contributed by atoms with Crippen molar-refractivity contribution in [1.29, 1.82) is 0 Å². The van der Waals surface area contributed by atoms with Crippen molar-refractivity contribution < 1.29 is 96.5 Å². The van der Waals surface area contributed by atoms with Crippen molar-refractivity contribution in [3.8, 4) is 0 Å². The van der Waals surface area contributed by atoms with E-state index in [1.165, 1.54) is 37.5 Å². The molecule has 0 aliphatic heterocycles. The van der Waals surface area contributed by atoms with Crippen LogP contribution in [-0.2, 0) is 73.1 Å². The number of aromatic amines is 1. The van der Waals surface area contributed by atoms with Gasteiger partial charge in [-0.05, 0) is 94.4 Å². The molecule has 0 aliphatic carbocycles. The zero-order valence-electron chi connectivity index (χ0n) is 48.3. The first-order valence-electron chi connectivity index (χ1n) is 27.0. The number of nitrogens with two attached hydrogens (primary N) is 1. The fraction of sp³-hybridized carbons (Fsp3) is 0.481. The second-order valence-electron chi connectivity index (χ2n) is 19.6.